The van der Waals surface area contributed by atoms with E-state index in [-0.39, 0.29) is 24.3 Å². The minimum Gasteiger partial charge on any atom is -0.480 e. The molecule has 0 saturated heterocycles. The lowest BCUT2D eigenvalue weighted by atomic mass is 10.1. The number of primary amides is 1. The van der Waals surface area contributed by atoms with Crippen LogP contribution < -0.4 is 15.8 Å². The molecule has 0 fully saturated rings. The molecule has 0 bridgehead atoms. The molecular weight excluding hydrogens is 406 g/mol. The number of carbonyl (C=O) groups excluding carboxylic acids is 1. The Morgan fingerprint density at radius 2 is 1.57 bits per heavy atom. The molecular formula is C18H20ClN3O5S. The van der Waals surface area contributed by atoms with Crippen LogP contribution in [-0.4, -0.2) is 38.1 Å². The Hall–Kier alpha value is -2.62. The largest absolute Gasteiger partial charge is 0.480 e. The number of aliphatic carboxylic acids is 1. The molecule has 0 aliphatic carbocycles. The lowest BCUT2D eigenvalue weighted by molar-refractivity contribution is -0.139. The van der Waals surface area contributed by atoms with E-state index in [1.807, 2.05) is 12.1 Å². The molecule has 0 heterocycles. The van der Waals surface area contributed by atoms with Crippen LogP contribution in [-0.2, 0) is 14.8 Å². The van der Waals surface area contributed by atoms with Gasteiger partial charge in [-0.3, -0.25) is 4.79 Å². The van der Waals surface area contributed by atoms with E-state index in [0.717, 1.165) is 11.1 Å². The van der Waals surface area contributed by atoms with Gasteiger partial charge in [-0.15, -0.1) is 0 Å². The zero-order chi connectivity index (χ0) is 20.7. The van der Waals surface area contributed by atoms with Crippen molar-refractivity contribution in [3.8, 4) is 11.1 Å². The normalized spacial score (nSPS) is 12.3. The number of urea groups is 1. The summed E-state index contributed by atoms with van der Waals surface area (Å²) in [7, 11) is -4.03. The van der Waals surface area contributed by atoms with Crippen molar-refractivity contribution in [1.29, 1.82) is 0 Å². The van der Waals surface area contributed by atoms with Gasteiger partial charge >= 0.3 is 12.0 Å². The molecule has 0 aliphatic rings. The van der Waals surface area contributed by atoms with E-state index in [2.05, 4.69) is 10.0 Å². The van der Waals surface area contributed by atoms with E-state index >= 15 is 0 Å². The van der Waals surface area contributed by atoms with Gasteiger partial charge in [-0.1, -0.05) is 35.9 Å². The number of amides is 2. The second-order valence-corrected chi connectivity index (χ2v) is 8.13. The first-order valence-electron chi connectivity index (χ1n) is 8.33. The summed E-state index contributed by atoms with van der Waals surface area (Å²) < 4.78 is 27.2. The highest BCUT2D eigenvalue weighted by Crippen LogP contribution is 2.23. The average molecular weight is 426 g/mol. The van der Waals surface area contributed by atoms with Gasteiger partial charge in [-0.25, -0.2) is 13.2 Å². The first kappa shape index (κ1) is 21.7. The van der Waals surface area contributed by atoms with Gasteiger partial charge in [-0.05, 0) is 48.2 Å². The zero-order valence-electron chi connectivity index (χ0n) is 14.8. The van der Waals surface area contributed by atoms with E-state index < -0.39 is 28.1 Å². The fourth-order valence-electron chi connectivity index (χ4n) is 2.47. The third-order valence-electron chi connectivity index (χ3n) is 3.91. The summed E-state index contributed by atoms with van der Waals surface area (Å²) in [6, 6.07) is 11.1. The molecule has 5 N–H and O–H groups in total. The summed E-state index contributed by atoms with van der Waals surface area (Å²) in [6.07, 6.45) is 0.246. The molecule has 8 nitrogen and oxygen atoms in total. The Bertz CT molecular complexity index is 931. The van der Waals surface area contributed by atoms with Crippen LogP contribution in [0.2, 0.25) is 5.02 Å². The number of carbonyl (C=O) groups is 2. The summed E-state index contributed by atoms with van der Waals surface area (Å²) in [6.45, 7) is 0.149. The number of nitrogens with one attached hydrogen (secondary N) is 2. The first-order chi connectivity index (χ1) is 13.2. The number of nitrogens with two attached hydrogens (primary N) is 1. The lowest BCUT2D eigenvalue weighted by Crippen LogP contribution is -2.41. The summed E-state index contributed by atoms with van der Waals surface area (Å²) in [5, 5.41) is 12.2. The van der Waals surface area contributed by atoms with Crippen molar-refractivity contribution in [3.63, 3.8) is 0 Å². The quantitative estimate of drug-likeness (QED) is 0.456. The number of halogens is 1. The highest BCUT2D eigenvalue weighted by atomic mass is 35.5. The Morgan fingerprint density at radius 1 is 1.04 bits per heavy atom. The van der Waals surface area contributed by atoms with Crippen LogP contribution in [0.25, 0.3) is 11.1 Å². The van der Waals surface area contributed by atoms with Gasteiger partial charge in [0.1, 0.15) is 6.04 Å². The van der Waals surface area contributed by atoms with Crippen molar-refractivity contribution in [2.75, 3.05) is 6.54 Å². The third-order valence-corrected chi connectivity index (χ3v) is 5.65. The zero-order valence-corrected chi connectivity index (χ0v) is 16.3. The Morgan fingerprint density at radius 3 is 2.07 bits per heavy atom. The SMILES string of the molecule is NC(=O)NCCC[C@@H](NS(=O)(=O)c1ccc(-c2ccc(Cl)cc2)cc1)C(=O)O. The molecule has 2 rings (SSSR count). The Labute approximate surface area is 167 Å². The molecule has 0 radical (unpaired) electrons. The van der Waals surface area contributed by atoms with Crippen molar-refractivity contribution >= 4 is 33.6 Å². The average Bonchev–Trinajstić information content (AvgIpc) is 2.64. The van der Waals surface area contributed by atoms with E-state index in [4.69, 9.17) is 17.3 Å². The molecule has 0 aliphatic heterocycles. The van der Waals surface area contributed by atoms with E-state index in [0.29, 0.717) is 5.02 Å². The number of hydrogen-bond donors (Lipinski definition) is 4. The number of sulfonamides is 1. The van der Waals surface area contributed by atoms with Gasteiger partial charge in [0.05, 0.1) is 4.90 Å². The highest BCUT2D eigenvalue weighted by Gasteiger charge is 2.25. The monoisotopic (exact) mass is 425 g/mol. The summed E-state index contributed by atoms with van der Waals surface area (Å²) in [5.74, 6) is -1.31. The van der Waals surface area contributed by atoms with Crippen molar-refractivity contribution in [1.82, 2.24) is 10.0 Å². The van der Waals surface area contributed by atoms with Gasteiger partial charge in [0.15, 0.2) is 0 Å². The minimum atomic E-state index is -4.03. The number of carboxylic acids is 1. The molecule has 28 heavy (non-hydrogen) atoms. The van der Waals surface area contributed by atoms with Crippen molar-refractivity contribution in [2.24, 2.45) is 5.73 Å². The molecule has 2 amide bonds. The molecule has 0 spiro atoms. The van der Waals surface area contributed by atoms with Gasteiger partial charge in [0.2, 0.25) is 10.0 Å². The number of benzene rings is 2. The molecule has 150 valence electrons. The smallest absolute Gasteiger partial charge is 0.321 e. The van der Waals surface area contributed by atoms with Crippen LogP contribution in [0.3, 0.4) is 0 Å². The number of hydrogen-bond acceptors (Lipinski definition) is 4. The second-order valence-electron chi connectivity index (χ2n) is 5.98. The van der Waals surface area contributed by atoms with E-state index in [1.165, 1.54) is 12.1 Å². The summed E-state index contributed by atoms with van der Waals surface area (Å²) in [4.78, 5) is 21.9. The maximum atomic E-state index is 12.5. The summed E-state index contributed by atoms with van der Waals surface area (Å²) in [5.41, 5.74) is 6.59. The molecule has 1 atom stereocenters. The van der Waals surface area contributed by atoms with Crippen LogP contribution in [0.4, 0.5) is 4.79 Å². The van der Waals surface area contributed by atoms with Gasteiger partial charge in [0.25, 0.3) is 0 Å². The van der Waals surface area contributed by atoms with E-state index in [9.17, 15) is 23.1 Å². The topological polar surface area (TPSA) is 139 Å². The highest BCUT2D eigenvalue weighted by molar-refractivity contribution is 7.89. The first-order valence-corrected chi connectivity index (χ1v) is 10.2. The predicted octanol–water partition coefficient (Wildman–Crippen LogP) is 2.19. The van der Waals surface area contributed by atoms with Crippen LogP contribution in [0.5, 0.6) is 0 Å². The third kappa shape index (κ3) is 6.22. The van der Waals surface area contributed by atoms with E-state index in [1.54, 1.807) is 24.3 Å². The van der Waals surface area contributed by atoms with Crippen LogP contribution >= 0.6 is 11.6 Å². The lowest BCUT2D eigenvalue weighted by Gasteiger charge is -2.15. The molecule has 10 heteroatoms. The van der Waals surface area contributed by atoms with Crippen molar-refractivity contribution < 1.29 is 23.1 Å². The predicted molar refractivity (Wildman–Crippen MR) is 105 cm³/mol. The molecule has 0 aromatic heterocycles. The standard InChI is InChI=1S/C18H20ClN3O5S/c19-14-7-3-12(4-8-14)13-5-9-15(10-6-13)28(26,27)22-16(17(23)24)2-1-11-21-18(20)25/h3-10,16,22H,1-2,11H2,(H,23,24)(H3,20,21,25)/t16-/m1/s1. The number of rotatable bonds is 9. The fraction of sp³-hybridized carbons (Fsp3) is 0.222. The summed E-state index contributed by atoms with van der Waals surface area (Å²) >= 11 is 5.86. The van der Waals surface area contributed by atoms with Gasteiger partial charge < -0.3 is 16.2 Å². The van der Waals surface area contributed by atoms with Crippen molar-refractivity contribution in [2.45, 2.75) is 23.8 Å². The van der Waals surface area contributed by atoms with Gasteiger partial charge in [0, 0.05) is 11.6 Å². The Balaban J connectivity index is 2.08. The van der Waals surface area contributed by atoms with Gasteiger partial charge in [-0.2, -0.15) is 4.72 Å². The molecule has 2 aromatic carbocycles. The fourth-order valence-corrected chi connectivity index (χ4v) is 3.82. The molecule has 2 aromatic rings. The number of carboxylic acid groups (broad SMARTS) is 1. The maximum absolute atomic E-state index is 12.5. The second kappa shape index (κ2) is 9.54. The molecule has 0 saturated carbocycles. The van der Waals surface area contributed by atoms with Crippen LogP contribution in [0, 0.1) is 0 Å². The van der Waals surface area contributed by atoms with Crippen LogP contribution in [0.1, 0.15) is 12.8 Å². The van der Waals surface area contributed by atoms with Crippen LogP contribution in [0.15, 0.2) is 53.4 Å². The van der Waals surface area contributed by atoms with Crippen molar-refractivity contribution in [3.05, 3.63) is 53.6 Å². The Kier molecular flexibility index (Phi) is 7.38. The maximum Gasteiger partial charge on any atom is 0.321 e. The minimum absolute atomic E-state index is 0.00228. The molecule has 0 unspecified atom stereocenters.